The first-order valence-corrected chi connectivity index (χ1v) is 8.11. The van der Waals surface area contributed by atoms with E-state index >= 15 is 0 Å². The lowest BCUT2D eigenvalue weighted by molar-refractivity contribution is -0.134. The molecule has 1 aromatic rings. The molecule has 2 rings (SSSR count). The molecule has 6 heteroatoms. The van der Waals surface area contributed by atoms with Crippen LogP contribution < -0.4 is 5.32 Å². The quantitative estimate of drug-likeness (QED) is 0.885. The van der Waals surface area contributed by atoms with Gasteiger partial charge in [-0.2, -0.15) is 0 Å². The molecule has 1 fully saturated rings. The Morgan fingerprint density at radius 1 is 1.48 bits per heavy atom. The van der Waals surface area contributed by atoms with Crippen molar-refractivity contribution in [2.45, 2.75) is 26.3 Å². The third-order valence-electron chi connectivity index (χ3n) is 3.71. The van der Waals surface area contributed by atoms with Gasteiger partial charge >= 0.3 is 0 Å². The van der Waals surface area contributed by atoms with Crippen molar-refractivity contribution in [3.63, 3.8) is 0 Å². The summed E-state index contributed by atoms with van der Waals surface area (Å²) in [5, 5.41) is 3.54. The number of carbonyl (C=O) groups excluding carboxylic acids is 2. The molecule has 1 saturated heterocycles. The summed E-state index contributed by atoms with van der Waals surface area (Å²) in [6.07, 6.45) is 1.69. The van der Waals surface area contributed by atoms with Gasteiger partial charge in [0.15, 0.2) is 0 Å². The number of hydrogen-bond acceptors (Lipinski definition) is 2. The standard InChI is InChI=1S/C15H18BrClN2O2/c1-10(20)19-6-2-3-12(9-19)15(21)18-8-11-4-5-13(16)7-14(11)17/h4-5,7,12H,2-3,6,8-9H2,1H3,(H,18,21)/t12-/m1/s1. The second-order valence-corrected chi connectivity index (χ2v) is 6.58. The number of nitrogens with zero attached hydrogens (tertiary/aromatic N) is 1. The predicted octanol–water partition coefficient (Wildman–Crippen LogP) is 2.98. The summed E-state index contributed by atoms with van der Waals surface area (Å²) in [5.41, 5.74) is 0.882. The van der Waals surface area contributed by atoms with Gasteiger partial charge in [0.05, 0.1) is 5.92 Å². The summed E-state index contributed by atoms with van der Waals surface area (Å²) >= 11 is 9.48. The first-order valence-electron chi connectivity index (χ1n) is 6.94. The number of benzene rings is 1. The summed E-state index contributed by atoms with van der Waals surface area (Å²) in [7, 11) is 0. The molecule has 114 valence electrons. The highest BCUT2D eigenvalue weighted by molar-refractivity contribution is 9.10. The lowest BCUT2D eigenvalue weighted by atomic mass is 9.97. The monoisotopic (exact) mass is 372 g/mol. The molecule has 1 heterocycles. The lowest BCUT2D eigenvalue weighted by Gasteiger charge is -2.31. The van der Waals surface area contributed by atoms with Crippen molar-refractivity contribution < 1.29 is 9.59 Å². The number of rotatable bonds is 3. The third kappa shape index (κ3) is 4.45. The fraction of sp³-hybridized carbons (Fsp3) is 0.467. The molecule has 1 aliphatic rings. The largest absolute Gasteiger partial charge is 0.352 e. The molecule has 0 unspecified atom stereocenters. The molecule has 0 aliphatic carbocycles. The summed E-state index contributed by atoms with van der Waals surface area (Å²) < 4.78 is 0.909. The Hall–Kier alpha value is -1.07. The van der Waals surface area contributed by atoms with Gasteiger partial charge in [-0.25, -0.2) is 0 Å². The molecule has 0 saturated carbocycles. The van der Waals surface area contributed by atoms with Crippen LogP contribution in [0.2, 0.25) is 5.02 Å². The molecule has 0 aromatic heterocycles. The maximum atomic E-state index is 12.2. The molecule has 21 heavy (non-hydrogen) atoms. The van der Waals surface area contributed by atoms with Crippen molar-refractivity contribution in [3.8, 4) is 0 Å². The van der Waals surface area contributed by atoms with Crippen molar-refractivity contribution in [2.75, 3.05) is 13.1 Å². The molecule has 0 spiro atoms. The Morgan fingerprint density at radius 3 is 2.90 bits per heavy atom. The van der Waals surface area contributed by atoms with E-state index < -0.39 is 0 Å². The first-order chi connectivity index (χ1) is 9.97. The van der Waals surface area contributed by atoms with Crippen LogP contribution in [0.15, 0.2) is 22.7 Å². The van der Waals surface area contributed by atoms with Crippen LogP contribution >= 0.6 is 27.5 Å². The SMILES string of the molecule is CC(=O)N1CCC[C@@H](C(=O)NCc2ccc(Br)cc2Cl)C1. The summed E-state index contributed by atoms with van der Waals surface area (Å²) in [4.78, 5) is 25.3. The van der Waals surface area contributed by atoms with E-state index in [9.17, 15) is 9.59 Å². The summed E-state index contributed by atoms with van der Waals surface area (Å²) in [6, 6.07) is 5.59. The van der Waals surface area contributed by atoms with Gasteiger partial charge in [-0.1, -0.05) is 33.6 Å². The van der Waals surface area contributed by atoms with Gasteiger partial charge in [0.1, 0.15) is 0 Å². The summed E-state index contributed by atoms with van der Waals surface area (Å²) in [6.45, 7) is 3.20. The molecule has 4 nitrogen and oxygen atoms in total. The highest BCUT2D eigenvalue weighted by atomic mass is 79.9. The average molecular weight is 374 g/mol. The zero-order chi connectivity index (χ0) is 15.4. The Morgan fingerprint density at radius 2 is 2.24 bits per heavy atom. The molecule has 0 bridgehead atoms. The first kappa shape index (κ1) is 16.3. The molecule has 1 atom stereocenters. The smallest absolute Gasteiger partial charge is 0.225 e. The minimum atomic E-state index is -0.128. The van der Waals surface area contributed by atoms with Crippen molar-refractivity contribution in [1.82, 2.24) is 10.2 Å². The van der Waals surface area contributed by atoms with E-state index in [1.54, 1.807) is 17.9 Å². The predicted molar refractivity (Wildman–Crippen MR) is 86.0 cm³/mol. The third-order valence-corrected chi connectivity index (χ3v) is 4.55. The van der Waals surface area contributed by atoms with E-state index in [-0.39, 0.29) is 17.7 Å². The maximum absolute atomic E-state index is 12.2. The van der Waals surface area contributed by atoms with Gasteiger partial charge in [-0.15, -0.1) is 0 Å². The zero-order valence-electron chi connectivity index (χ0n) is 11.9. The highest BCUT2D eigenvalue weighted by Crippen LogP contribution is 2.22. The number of likely N-dealkylation sites (tertiary alicyclic amines) is 1. The molecule has 1 N–H and O–H groups in total. The van der Waals surface area contributed by atoms with Crippen molar-refractivity contribution >= 4 is 39.3 Å². The average Bonchev–Trinajstić information content (AvgIpc) is 2.46. The van der Waals surface area contributed by atoms with Crippen LogP contribution in [0, 0.1) is 5.92 Å². The number of amides is 2. The molecule has 1 aliphatic heterocycles. The van der Waals surface area contributed by atoms with E-state index in [0.717, 1.165) is 29.4 Å². The molecule has 0 radical (unpaired) electrons. The number of nitrogens with one attached hydrogen (secondary N) is 1. The van der Waals surface area contributed by atoms with Gasteiger partial charge in [-0.3, -0.25) is 9.59 Å². The van der Waals surface area contributed by atoms with E-state index in [1.807, 2.05) is 12.1 Å². The van der Waals surface area contributed by atoms with Gasteiger partial charge in [0, 0.05) is 36.1 Å². The fourth-order valence-corrected chi connectivity index (χ4v) is 3.21. The second-order valence-electron chi connectivity index (χ2n) is 5.26. The molecule has 2 amide bonds. The molecular weight excluding hydrogens is 356 g/mol. The maximum Gasteiger partial charge on any atom is 0.225 e. The minimum Gasteiger partial charge on any atom is -0.352 e. The molecule has 1 aromatic carbocycles. The van der Waals surface area contributed by atoms with Crippen LogP contribution in [0.25, 0.3) is 0 Å². The Bertz CT molecular complexity index is 550. The van der Waals surface area contributed by atoms with Gasteiger partial charge < -0.3 is 10.2 Å². The normalized spacial score (nSPS) is 18.4. The number of piperidine rings is 1. The van der Waals surface area contributed by atoms with Gasteiger partial charge in [-0.05, 0) is 30.5 Å². The van der Waals surface area contributed by atoms with E-state index in [4.69, 9.17) is 11.6 Å². The van der Waals surface area contributed by atoms with Crippen LogP contribution in [-0.2, 0) is 16.1 Å². The number of halogens is 2. The van der Waals surface area contributed by atoms with E-state index in [1.165, 1.54) is 0 Å². The summed E-state index contributed by atoms with van der Waals surface area (Å²) in [5.74, 6) is -0.111. The van der Waals surface area contributed by atoms with Gasteiger partial charge in [0.2, 0.25) is 11.8 Å². The lowest BCUT2D eigenvalue weighted by Crippen LogP contribution is -2.44. The Labute approximate surface area is 138 Å². The Balaban J connectivity index is 1.90. The zero-order valence-corrected chi connectivity index (χ0v) is 14.2. The second kappa shape index (κ2) is 7.27. The number of hydrogen-bond donors (Lipinski definition) is 1. The van der Waals surface area contributed by atoms with Crippen molar-refractivity contribution in [2.24, 2.45) is 5.92 Å². The number of carbonyl (C=O) groups is 2. The van der Waals surface area contributed by atoms with Crippen LogP contribution in [-0.4, -0.2) is 29.8 Å². The van der Waals surface area contributed by atoms with Crippen LogP contribution in [0.3, 0.4) is 0 Å². The molecular formula is C15H18BrClN2O2. The van der Waals surface area contributed by atoms with Crippen LogP contribution in [0.5, 0.6) is 0 Å². The van der Waals surface area contributed by atoms with Crippen LogP contribution in [0.4, 0.5) is 0 Å². The van der Waals surface area contributed by atoms with E-state index in [2.05, 4.69) is 21.2 Å². The topological polar surface area (TPSA) is 49.4 Å². The minimum absolute atomic E-state index is 0.0139. The fourth-order valence-electron chi connectivity index (χ4n) is 2.47. The Kier molecular flexibility index (Phi) is 5.65. The van der Waals surface area contributed by atoms with Crippen LogP contribution in [0.1, 0.15) is 25.3 Å². The van der Waals surface area contributed by atoms with Crippen molar-refractivity contribution in [1.29, 1.82) is 0 Å². The highest BCUT2D eigenvalue weighted by Gasteiger charge is 2.26. The van der Waals surface area contributed by atoms with E-state index in [0.29, 0.717) is 18.1 Å². The van der Waals surface area contributed by atoms with Gasteiger partial charge in [0.25, 0.3) is 0 Å². The van der Waals surface area contributed by atoms with Crippen molar-refractivity contribution in [3.05, 3.63) is 33.3 Å².